The number of nitrogens with zero attached hydrogens (tertiary/aromatic N) is 3. The Bertz CT molecular complexity index is 1610. The molecule has 0 aliphatic carbocycles. The highest BCUT2D eigenvalue weighted by Crippen LogP contribution is 2.30. The number of fused-ring (bicyclic) bond motifs is 2. The summed E-state index contributed by atoms with van der Waals surface area (Å²) in [4.78, 5) is 18.4. The van der Waals surface area contributed by atoms with Crippen LogP contribution in [0.2, 0.25) is 0 Å². The molecule has 0 fully saturated rings. The summed E-state index contributed by atoms with van der Waals surface area (Å²) in [6, 6.07) is 20.9. The number of rotatable bonds is 5. The second-order valence-electron chi connectivity index (χ2n) is 8.10. The van der Waals surface area contributed by atoms with Crippen molar-refractivity contribution in [3.05, 3.63) is 94.2 Å². The van der Waals surface area contributed by atoms with Gasteiger partial charge in [-0.05, 0) is 73.7 Å². The third-order valence-corrected chi connectivity index (χ3v) is 6.28. The molecule has 0 spiro atoms. The molecule has 0 saturated carbocycles. The third kappa shape index (κ3) is 3.53. The Morgan fingerprint density at radius 2 is 1.56 bits per heavy atom. The van der Waals surface area contributed by atoms with Crippen molar-refractivity contribution in [2.75, 3.05) is 14.2 Å². The monoisotopic (exact) mass is 451 g/mol. The zero-order chi connectivity index (χ0) is 23.8. The summed E-state index contributed by atoms with van der Waals surface area (Å²) in [7, 11) is 5.33. The van der Waals surface area contributed by atoms with Gasteiger partial charge in [0.05, 0.1) is 30.8 Å². The van der Waals surface area contributed by atoms with Gasteiger partial charge in [0.2, 0.25) is 0 Å². The van der Waals surface area contributed by atoms with Crippen LogP contribution in [0.4, 0.5) is 0 Å². The van der Waals surface area contributed by atoms with Gasteiger partial charge in [0, 0.05) is 29.2 Å². The average Bonchev–Trinajstić information content (AvgIpc) is 3.11. The second-order valence-corrected chi connectivity index (χ2v) is 8.10. The van der Waals surface area contributed by atoms with Crippen molar-refractivity contribution in [3.8, 4) is 17.2 Å². The Balaban J connectivity index is 1.73. The van der Waals surface area contributed by atoms with Gasteiger partial charge in [-0.1, -0.05) is 12.1 Å². The second kappa shape index (κ2) is 8.56. The van der Waals surface area contributed by atoms with Crippen molar-refractivity contribution in [2.24, 2.45) is 7.05 Å². The molecule has 0 aliphatic heterocycles. The van der Waals surface area contributed by atoms with Gasteiger partial charge >= 0.3 is 0 Å². The lowest BCUT2D eigenvalue weighted by Gasteiger charge is -2.12. The minimum absolute atomic E-state index is 0.119. The van der Waals surface area contributed by atoms with Gasteiger partial charge in [-0.2, -0.15) is 0 Å². The SMILES string of the molecule is COc1ccc(-n2c(C=Cc3c(C)n(C)c4ccc(OC)cc34)nc3ccccc3c2=O)cc1. The highest BCUT2D eigenvalue weighted by atomic mass is 16.5. The lowest BCUT2D eigenvalue weighted by atomic mass is 10.1. The van der Waals surface area contributed by atoms with Crippen LogP contribution in [0.15, 0.2) is 71.5 Å². The van der Waals surface area contributed by atoms with Crippen molar-refractivity contribution in [1.82, 2.24) is 14.1 Å². The van der Waals surface area contributed by atoms with E-state index < -0.39 is 0 Å². The molecular weight excluding hydrogens is 426 g/mol. The molecular formula is C28H25N3O3. The minimum atomic E-state index is -0.119. The molecule has 0 unspecified atom stereocenters. The van der Waals surface area contributed by atoms with Crippen LogP contribution in [-0.2, 0) is 7.05 Å². The van der Waals surface area contributed by atoms with Crippen LogP contribution >= 0.6 is 0 Å². The average molecular weight is 452 g/mol. The molecule has 0 atom stereocenters. The molecule has 2 heterocycles. The molecule has 6 heteroatoms. The van der Waals surface area contributed by atoms with Crippen molar-refractivity contribution >= 4 is 34.0 Å². The molecule has 0 radical (unpaired) electrons. The van der Waals surface area contributed by atoms with E-state index in [9.17, 15) is 4.79 Å². The van der Waals surface area contributed by atoms with Crippen LogP contribution < -0.4 is 15.0 Å². The summed E-state index contributed by atoms with van der Waals surface area (Å²) in [5, 5.41) is 1.65. The molecule has 170 valence electrons. The molecule has 2 aromatic heterocycles. The fraction of sp³-hybridized carbons (Fsp3) is 0.143. The first kappa shape index (κ1) is 21.5. The van der Waals surface area contributed by atoms with E-state index in [0.717, 1.165) is 39.3 Å². The summed E-state index contributed by atoms with van der Waals surface area (Å²) in [5.74, 6) is 2.07. The van der Waals surface area contributed by atoms with Gasteiger partial charge in [0.1, 0.15) is 17.3 Å². The number of hydrogen-bond acceptors (Lipinski definition) is 4. The highest BCUT2D eigenvalue weighted by Gasteiger charge is 2.14. The third-order valence-electron chi connectivity index (χ3n) is 6.28. The first-order valence-corrected chi connectivity index (χ1v) is 11.0. The molecule has 6 nitrogen and oxygen atoms in total. The number of hydrogen-bond donors (Lipinski definition) is 0. The Kier molecular flexibility index (Phi) is 5.42. The largest absolute Gasteiger partial charge is 0.497 e. The topological polar surface area (TPSA) is 58.3 Å². The van der Waals surface area contributed by atoms with Crippen LogP contribution in [0.25, 0.3) is 39.6 Å². The fourth-order valence-corrected chi connectivity index (χ4v) is 4.32. The van der Waals surface area contributed by atoms with Crippen molar-refractivity contribution in [2.45, 2.75) is 6.92 Å². The number of para-hydroxylation sites is 1. The van der Waals surface area contributed by atoms with E-state index in [2.05, 4.69) is 17.6 Å². The zero-order valence-corrected chi connectivity index (χ0v) is 19.6. The lowest BCUT2D eigenvalue weighted by molar-refractivity contribution is 0.414. The van der Waals surface area contributed by atoms with E-state index in [1.54, 1.807) is 24.9 Å². The van der Waals surface area contributed by atoms with E-state index in [1.165, 1.54) is 0 Å². The predicted molar refractivity (Wildman–Crippen MR) is 137 cm³/mol. The van der Waals surface area contributed by atoms with Crippen LogP contribution in [0.1, 0.15) is 17.1 Å². The van der Waals surface area contributed by atoms with Crippen molar-refractivity contribution < 1.29 is 9.47 Å². The zero-order valence-electron chi connectivity index (χ0n) is 19.6. The van der Waals surface area contributed by atoms with Crippen molar-refractivity contribution in [1.29, 1.82) is 0 Å². The maximum Gasteiger partial charge on any atom is 0.266 e. The molecule has 5 aromatic rings. The molecule has 0 N–H and O–H groups in total. The summed E-state index contributed by atoms with van der Waals surface area (Å²) in [6.07, 6.45) is 3.92. The standard InChI is InChI=1S/C28H25N3O3/c1-18-22(24-17-21(34-4)13-15-26(24)30(18)2)14-16-27-29-25-8-6-5-7-23(25)28(32)31(27)19-9-11-20(33-3)12-10-19/h5-17H,1-4H3. The van der Waals surface area contributed by atoms with Gasteiger partial charge in [0.15, 0.2) is 0 Å². The van der Waals surface area contributed by atoms with Gasteiger partial charge in [-0.25, -0.2) is 4.98 Å². The molecule has 0 aliphatic rings. The lowest BCUT2D eigenvalue weighted by Crippen LogP contribution is -2.22. The first-order valence-electron chi connectivity index (χ1n) is 11.0. The fourth-order valence-electron chi connectivity index (χ4n) is 4.32. The van der Waals surface area contributed by atoms with Crippen LogP contribution in [0.3, 0.4) is 0 Å². The maximum absolute atomic E-state index is 13.5. The summed E-state index contributed by atoms with van der Waals surface area (Å²) in [6.45, 7) is 2.08. The number of aryl methyl sites for hydroxylation is 1. The Hall–Kier alpha value is -4.32. The van der Waals surface area contributed by atoms with Gasteiger partial charge in [-0.15, -0.1) is 0 Å². The Morgan fingerprint density at radius 3 is 2.29 bits per heavy atom. The molecule has 5 rings (SSSR count). The maximum atomic E-state index is 13.5. The predicted octanol–water partition coefficient (Wildman–Crippen LogP) is 5.37. The van der Waals surface area contributed by atoms with Gasteiger partial charge in [-0.3, -0.25) is 9.36 Å². The van der Waals surface area contributed by atoms with E-state index >= 15 is 0 Å². The van der Waals surface area contributed by atoms with E-state index in [-0.39, 0.29) is 5.56 Å². The number of aromatic nitrogens is 3. The van der Waals surface area contributed by atoms with E-state index in [0.29, 0.717) is 16.7 Å². The number of benzene rings is 3. The number of methoxy groups -OCH3 is 2. The van der Waals surface area contributed by atoms with Crippen LogP contribution in [-0.4, -0.2) is 28.3 Å². The smallest absolute Gasteiger partial charge is 0.266 e. The summed E-state index contributed by atoms with van der Waals surface area (Å²) in [5.41, 5.74) is 4.54. The van der Waals surface area contributed by atoms with Gasteiger partial charge in [0.25, 0.3) is 5.56 Å². The van der Waals surface area contributed by atoms with E-state index in [4.69, 9.17) is 14.5 Å². The Morgan fingerprint density at radius 1 is 0.853 bits per heavy atom. The minimum Gasteiger partial charge on any atom is -0.497 e. The summed E-state index contributed by atoms with van der Waals surface area (Å²) >= 11 is 0. The molecule has 34 heavy (non-hydrogen) atoms. The Labute approximate surface area is 197 Å². The van der Waals surface area contributed by atoms with Crippen LogP contribution in [0, 0.1) is 6.92 Å². The van der Waals surface area contributed by atoms with E-state index in [1.807, 2.05) is 73.8 Å². The first-order chi connectivity index (χ1) is 16.5. The highest BCUT2D eigenvalue weighted by molar-refractivity contribution is 5.94. The normalized spacial score (nSPS) is 11.5. The van der Waals surface area contributed by atoms with Gasteiger partial charge < -0.3 is 14.0 Å². The molecule has 0 bridgehead atoms. The quantitative estimate of drug-likeness (QED) is 0.360. The molecule has 3 aromatic carbocycles. The molecule has 0 saturated heterocycles. The van der Waals surface area contributed by atoms with Crippen molar-refractivity contribution in [3.63, 3.8) is 0 Å². The van der Waals surface area contributed by atoms with Crippen LogP contribution in [0.5, 0.6) is 11.5 Å². The summed E-state index contributed by atoms with van der Waals surface area (Å²) < 4.78 is 14.5. The number of ether oxygens (including phenoxy) is 2. The molecule has 0 amide bonds.